The van der Waals surface area contributed by atoms with Crippen molar-refractivity contribution in [1.82, 2.24) is 10.2 Å². The summed E-state index contributed by atoms with van der Waals surface area (Å²) < 4.78 is 0. The number of amides is 3. The molecule has 148 valence electrons. The van der Waals surface area contributed by atoms with Crippen LogP contribution in [-0.2, 0) is 17.6 Å². The second kappa shape index (κ2) is 8.91. The van der Waals surface area contributed by atoms with E-state index in [1.807, 2.05) is 60.4 Å². The number of carbonyl (C=O) groups excluding carboxylic acids is 2. The number of hydrogen-bond acceptors (Lipinski definition) is 2. The molecule has 0 aliphatic carbocycles. The van der Waals surface area contributed by atoms with E-state index in [1.54, 1.807) is 0 Å². The topological polar surface area (TPSA) is 61.4 Å². The molecule has 1 aliphatic heterocycles. The van der Waals surface area contributed by atoms with Crippen LogP contribution in [0.25, 0.3) is 0 Å². The van der Waals surface area contributed by atoms with Gasteiger partial charge in [-0.2, -0.15) is 0 Å². The minimum absolute atomic E-state index is 0.00364. The summed E-state index contributed by atoms with van der Waals surface area (Å²) in [6, 6.07) is 15.6. The second-order valence-corrected chi connectivity index (χ2v) is 7.29. The van der Waals surface area contributed by atoms with Crippen molar-refractivity contribution in [2.75, 3.05) is 11.9 Å². The Balaban J connectivity index is 1.64. The van der Waals surface area contributed by atoms with Gasteiger partial charge in [0.1, 0.15) is 0 Å². The molecule has 1 saturated heterocycles. The molecule has 0 bridgehead atoms. The van der Waals surface area contributed by atoms with E-state index in [0.29, 0.717) is 13.0 Å². The molecular formula is C23H29N3O2. The fourth-order valence-corrected chi connectivity index (χ4v) is 3.85. The third kappa shape index (κ3) is 4.35. The molecule has 28 heavy (non-hydrogen) atoms. The Labute approximate surface area is 167 Å². The van der Waals surface area contributed by atoms with Crippen molar-refractivity contribution in [3.8, 4) is 0 Å². The average Bonchev–Trinajstić information content (AvgIpc) is 3.07. The Kier molecular flexibility index (Phi) is 6.34. The molecule has 5 heteroatoms. The van der Waals surface area contributed by atoms with Gasteiger partial charge in [-0.25, -0.2) is 4.79 Å². The first-order valence-corrected chi connectivity index (χ1v) is 10.1. The first-order chi connectivity index (χ1) is 13.5. The first-order valence-electron chi connectivity index (χ1n) is 10.1. The number of likely N-dealkylation sites (tertiary alicyclic amines) is 1. The number of nitrogens with zero attached hydrogens (tertiary/aromatic N) is 1. The minimum atomic E-state index is -0.248. The minimum Gasteiger partial charge on any atom is -0.334 e. The Hall–Kier alpha value is -2.82. The third-order valence-corrected chi connectivity index (χ3v) is 5.48. The number of anilines is 1. The van der Waals surface area contributed by atoms with Gasteiger partial charge in [-0.05, 0) is 36.5 Å². The van der Waals surface area contributed by atoms with Gasteiger partial charge in [0.25, 0.3) is 0 Å². The van der Waals surface area contributed by atoms with Crippen molar-refractivity contribution in [2.45, 2.75) is 52.1 Å². The van der Waals surface area contributed by atoms with Gasteiger partial charge in [0.15, 0.2) is 0 Å². The number of para-hydroxylation sites is 1. The zero-order valence-electron chi connectivity index (χ0n) is 16.9. The number of urea groups is 1. The molecule has 0 spiro atoms. The van der Waals surface area contributed by atoms with Crippen LogP contribution in [0.3, 0.4) is 0 Å². The van der Waals surface area contributed by atoms with Crippen LogP contribution in [0, 0.1) is 0 Å². The van der Waals surface area contributed by atoms with Gasteiger partial charge in [-0.1, -0.05) is 62.4 Å². The van der Waals surface area contributed by atoms with Gasteiger partial charge < -0.3 is 15.5 Å². The Morgan fingerprint density at radius 2 is 1.71 bits per heavy atom. The van der Waals surface area contributed by atoms with Crippen LogP contribution in [0.5, 0.6) is 0 Å². The molecular weight excluding hydrogens is 350 g/mol. The van der Waals surface area contributed by atoms with Crippen LogP contribution >= 0.6 is 0 Å². The number of carbonyl (C=O) groups is 2. The van der Waals surface area contributed by atoms with Gasteiger partial charge in [0.05, 0.1) is 12.1 Å². The summed E-state index contributed by atoms with van der Waals surface area (Å²) in [6.45, 7) is 6.71. The molecule has 3 amide bonds. The zero-order chi connectivity index (χ0) is 20.1. The molecule has 2 aromatic rings. The summed E-state index contributed by atoms with van der Waals surface area (Å²) in [6.07, 6.45) is 2.04. The van der Waals surface area contributed by atoms with E-state index in [9.17, 15) is 9.59 Å². The smallest absolute Gasteiger partial charge is 0.319 e. The molecule has 5 nitrogen and oxygen atoms in total. The normalized spacial score (nSPS) is 17.5. The molecule has 2 atom stereocenters. The number of rotatable bonds is 6. The quantitative estimate of drug-likeness (QED) is 0.786. The molecule has 0 radical (unpaired) electrons. The van der Waals surface area contributed by atoms with Crippen LogP contribution in [0.2, 0.25) is 0 Å². The Bertz CT molecular complexity index is 813. The van der Waals surface area contributed by atoms with Crippen molar-refractivity contribution < 1.29 is 9.59 Å². The number of benzene rings is 2. The maximum atomic E-state index is 12.6. The van der Waals surface area contributed by atoms with E-state index >= 15 is 0 Å². The van der Waals surface area contributed by atoms with E-state index in [2.05, 4.69) is 24.5 Å². The molecule has 1 fully saturated rings. The lowest BCUT2D eigenvalue weighted by atomic mass is 10.0. The molecule has 3 rings (SSSR count). The van der Waals surface area contributed by atoms with Gasteiger partial charge >= 0.3 is 6.03 Å². The highest BCUT2D eigenvalue weighted by atomic mass is 16.2. The Morgan fingerprint density at radius 3 is 2.32 bits per heavy atom. The lowest BCUT2D eigenvalue weighted by molar-refractivity contribution is -0.129. The largest absolute Gasteiger partial charge is 0.334 e. The summed E-state index contributed by atoms with van der Waals surface area (Å²) in [7, 11) is 0. The highest BCUT2D eigenvalue weighted by Gasteiger charge is 2.34. The van der Waals surface area contributed by atoms with Crippen LogP contribution in [0.4, 0.5) is 10.5 Å². The van der Waals surface area contributed by atoms with Gasteiger partial charge in [-0.15, -0.1) is 0 Å². The maximum absolute atomic E-state index is 12.6. The third-order valence-electron chi connectivity index (χ3n) is 5.48. The standard InChI is InChI=1S/C23H29N3O2/c1-4-17-12-9-13-18(5-2)22(17)25-23(28)24-20-14-21(27)26(15-20)16(3)19-10-7-6-8-11-19/h6-13,16,20H,4-5,14-15H2,1-3H3,(H2,24,25,28). The molecule has 0 aromatic heterocycles. The van der Waals surface area contributed by atoms with E-state index in [4.69, 9.17) is 0 Å². The van der Waals surface area contributed by atoms with Crippen molar-refractivity contribution in [2.24, 2.45) is 0 Å². The highest BCUT2D eigenvalue weighted by Crippen LogP contribution is 2.26. The monoisotopic (exact) mass is 379 g/mol. The lowest BCUT2D eigenvalue weighted by Crippen LogP contribution is -2.40. The van der Waals surface area contributed by atoms with E-state index in [0.717, 1.165) is 35.2 Å². The molecule has 1 aliphatic rings. The first kappa shape index (κ1) is 19.9. The molecule has 1 heterocycles. The van der Waals surface area contributed by atoms with E-state index < -0.39 is 0 Å². The number of aryl methyl sites for hydroxylation is 2. The lowest BCUT2D eigenvalue weighted by Gasteiger charge is -2.25. The average molecular weight is 380 g/mol. The van der Waals surface area contributed by atoms with Gasteiger partial charge in [-0.3, -0.25) is 4.79 Å². The second-order valence-electron chi connectivity index (χ2n) is 7.29. The highest BCUT2D eigenvalue weighted by molar-refractivity contribution is 5.92. The summed E-state index contributed by atoms with van der Waals surface area (Å²) in [5.41, 5.74) is 4.24. The predicted molar refractivity (Wildman–Crippen MR) is 112 cm³/mol. The molecule has 2 aromatic carbocycles. The molecule has 2 unspecified atom stereocenters. The number of hydrogen-bond donors (Lipinski definition) is 2. The van der Waals surface area contributed by atoms with Crippen molar-refractivity contribution >= 4 is 17.6 Å². The zero-order valence-corrected chi connectivity index (χ0v) is 16.9. The van der Waals surface area contributed by atoms with Crippen LogP contribution < -0.4 is 10.6 Å². The predicted octanol–water partition coefficient (Wildman–Crippen LogP) is 4.30. The molecule has 2 N–H and O–H groups in total. The van der Waals surface area contributed by atoms with Crippen molar-refractivity contribution in [1.29, 1.82) is 0 Å². The van der Waals surface area contributed by atoms with Crippen molar-refractivity contribution in [3.63, 3.8) is 0 Å². The fourth-order valence-electron chi connectivity index (χ4n) is 3.85. The summed E-state index contributed by atoms with van der Waals surface area (Å²) in [5.74, 6) is 0.0739. The van der Waals surface area contributed by atoms with Gasteiger partial charge in [0.2, 0.25) is 5.91 Å². The van der Waals surface area contributed by atoms with E-state index in [1.165, 1.54) is 0 Å². The van der Waals surface area contributed by atoms with E-state index in [-0.39, 0.29) is 24.0 Å². The SMILES string of the molecule is CCc1cccc(CC)c1NC(=O)NC1CC(=O)N(C(C)c2ccccc2)C1. The van der Waals surface area contributed by atoms with Crippen LogP contribution in [-0.4, -0.2) is 29.4 Å². The summed E-state index contributed by atoms with van der Waals surface area (Å²) >= 11 is 0. The van der Waals surface area contributed by atoms with Gasteiger partial charge in [0, 0.05) is 18.7 Å². The van der Waals surface area contributed by atoms with Crippen LogP contribution in [0.1, 0.15) is 49.9 Å². The fraction of sp³-hybridized carbons (Fsp3) is 0.391. The molecule has 0 saturated carbocycles. The van der Waals surface area contributed by atoms with Crippen LogP contribution in [0.15, 0.2) is 48.5 Å². The maximum Gasteiger partial charge on any atom is 0.319 e. The summed E-state index contributed by atoms with van der Waals surface area (Å²) in [4.78, 5) is 26.9. The Morgan fingerprint density at radius 1 is 1.07 bits per heavy atom. The number of nitrogens with one attached hydrogen (secondary N) is 2. The summed E-state index contributed by atoms with van der Waals surface area (Å²) in [5, 5.41) is 6.00. The van der Waals surface area contributed by atoms with Crippen molar-refractivity contribution in [3.05, 3.63) is 65.2 Å².